The van der Waals surface area contributed by atoms with Gasteiger partial charge in [0.05, 0.1) is 18.2 Å². The summed E-state index contributed by atoms with van der Waals surface area (Å²) < 4.78 is 11.5. The van der Waals surface area contributed by atoms with Crippen molar-refractivity contribution in [3.63, 3.8) is 0 Å². The molecule has 3 rings (SSSR count). The molecule has 1 aliphatic heterocycles. The normalized spacial score (nSPS) is 21.0. The molecule has 1 N–H and O–H groups in total. The average Bonchev–Trinajstić information content (AvgIpc) is 3.13. The minimum atomic E-state index is -0.588. The quantitative estimate of drug-likeness (QED) is 0.818. The van der Waals surface area contributed by atoms with Crippen LogP contribution >= 0.6 is 0 Å². The van der Waals surface area contributed by atoms with Crippen LogP contribution in [0.3, 0.4) is 0 Å². The van der Waals surface area contributed by atoms with Crippen molar-refractivity contribution in [3.05, 3.63) is 41.1 Å². The molecule has 1 aliphatic carbocycles. The Kier molecular flexibility index (Phi) is 5.49. The molecule has 26 heavy (non-hydrogen) atoms. The third kappa shape index (κ3) is 3.54. The highest BCUT2D eigenvalue weighted by molar-refractivity contribution is 5.95. The van der Waals surface area contributed by atoms with Gasteiger partial charge in [-0.15, -0.1) is 0 Å². The smallest absolute Gasteiger partial charge is 0.338 e. The molecular formula is C20H26N2O4. The fourth-order valence-corrected chi connectivity index (χ4v) is 3.56. The lowest BCUT2D eigenvalue weighted by Crippen LogP contribution is -2.46. The van der Waals surface area contributed by atoms with Gasteiger partial charge in [0, 0.05) is 18.3 Å². The van der Waals surface area contributed by atoms with Gasteiger partial charge in [-0.2, -0.15) is 0 Å². The fraction of sp³-hybridized carbons (Fsp3) is 0.500. The van der Waals surface area contributed by atoms with E-state index in [9.17, 15) is 9.59 Å². The second-order valence-electron chi connectivity index (χ2n) is 6.72. The molecule has 1 aromatic rings. The number of benzene rings is 1. The number of urea groups is 1. The summed E-state index contributed by atoms with van der Waals surface area (Å²) in [5.41, 5.74) is 1.83. The van der Waals surface area contributed by atoms with Crippen molar-refractivity contribution >= 4 is 12.0 Å². The van der Waals surface area contributed by atoms with E-state index in [4.69, 9.17) is 9.47 Å². The van der Waals surface area contributed by atoms with Crippen LogP contribution in [0.5, 0.6) is 5.75 Å². The molecule has 6 heteroatoms. The van der Waals surface area contributed by atoms with Crippen LogP contribution in [0.2, 0.25) is 0 Å². The summed E-state index contributed by atoms with van der Waals surface area (Å²) in [6, 6.07) is 6.62. The number of ether oxygens (including phenoxy) is 2. The minimum absolute atomic E-state index is 0.0338. The molecule has 0 spiro atoms. The van der Waals surface area contributed by atoms with E-state index < -0.39 is 6.04 Å². The molecule has 140 valence electrons. The van der Waals surface area contributed by atoms with E-state index in [0.717, 1.165) is 31.2 Å². The average molecular weight is 358 g/mol. The molecule has 1 unspecified atom stereocenters. The first-order chi connectivity index (χ1) is 12.5. The summed E-state index contributed by atoms with van der Waals surface area (Å²) in [7, 11) is 1.65. The van der Waals surface area contributed by atoms with Crippen LogP contribution in [0, 0.1) is 0 Å². The minimum Gasteiger partial charge on any atom is -0.494 e. The van der Waals surface area contributed by atoms with E-state index in [1.54, 1.807) is 14.0 Å². The zero-order valence-corrected chi connectivity index (χ0v) is 15.6. The fourth-order valence-electron chi connectivity index (χ4n) is 3.56. The maximum absolute atomic E-state index is 13.0. The number of esters is 1. The highest BCUT2D eigenvalue weighted by Gasteiger charge is 2.37. The van der Waals surface area contributed by atoms with Gasteiger partial charge in [-0.25, -0.2) is 9.59 Å². The highest BCUT2D eigenvalue weighted by Crippen LogP contribution is 2.36. The third-order valence-electron chi connectivity index (χ3n) is 5.08. The van der Waals surface area contributed by atoms with Gasteiger partial charge in [0.1, 0.15) is 11.9 Å². The molecule has 0 radical (unpaired) electrons. The summed E-state index contributed by atoms with van der Waals surface area (Å²) in [5.74, 6) is 0.293. The molecule has 0 saturated heterocycles. The second-order valence-corrected chi connectivity index (χ2v) is 6.72. The van der Waals surface area contributed by atoms with E-state index in [1.165, 1.54) is 4.90 Å². The Balaban J connectivity index is 1.98. The van der Waals surface area contributed by atoms with Gasteiger partial charge < -0.3 is 19.7 Å². The summed E-state index contributed by atoms with van der Waals surface area (Å²) >= 11 is 0. The second kappa shape index (κ2) is 7.81. The van der Waals surface area contributed by atoms with Gasteiger partial charge in [0.15, 0.2) is 0 Å². The van der Waals surface area contributed by atoms with Gasteiger partial charge in [-0.1, -0.05) is 18.2 Å². The molecule has 0 bridgehead atoms. The monoisotopic (exact) mass is 358 g/mol. The van der Waals surface area contributed by atoms with Gasteiger partial charge >= 0.3 is 12.0 Å². The van der Waals surface area contributed by atoms with Crippen molar-refractivity contribution in [2.75, 3.05) is 13.7 Å². The number of hydrogen-bond acceptors (Lipinski definition) is 4. The Morgan fingerprint density at radius 2 is 1.96 bits per heavy atom. The zero-order valence-electron chi connectivity index (χ0n) is 15.6. The Labute approximate surface area is 154 Å². The number of rotatable bonds is 5. The summed E-state index contributed by atoms with van der Waals surface area (Å²) in [5, 5.41) is 2.92. The first-order valence-electron chi connectivity index (χ1n) is 9.20. The first-order valence-corrected chi connectivity index (χ1v) is 9.20. The van der Waals surface area contributed by atoms with Crippen molar-refractivity contribution in [3.8, 4) is 5.75 Å². The predicted octanol–water partition coefficient (Wildman–Crippen LogP) is 3.54. The summed E-state index contributed by atoms with van der Waals surface area (Å²) in [6.07, 6.45) is 3.95. The Hall–Kier alpha value is -2.50. The lowest BCUT2D eigenvalue weighted by atomic mass is 9.94. The largest absolute Gasteiger partial charge is 0.494 e. The standard InChI is InChI=1S/C20H26N2O4/c1-4-25-16-12-8-7-11-15(16)18-17(13(2)22(3)20(24)21-18)19(23)26-14-9-5-6-10-14/h7-8,11-12,14,18H,4-6,9-10H2,1-3H3,(H,21,24). The number of carbonyl (C=O) groups is 2. The maximum atomic E-state index is 13.0. The van der Waals surface area contributed by atoms with E-state index in [-0.39, 0.29) is 18.1 Å². The number of para-hydroxylation sites is 1. The Morgan fingerprint density at radius 1 is 1.27 bits per heavy atom. The van der Waals surface area contributed by atoms with E-state index >= 15 is 0 Å². The molecule has 1 atom stereocenters. The van der Waals surface area contributed by atoms with Crippen LogP contribution < -0.4 is 10.1 Å². The van der Waals surface area contributed by atoms with Crippen molar-refractivity contribution in [2.45, 2.75) is 51.7 Å². The molecule has 6 nitrogen and oxygen atoms in total. The van der Waals surface area contributed by atoms with Crippen LogP contribution in [-0.4, -0.2) is 36.7 Å². The van der Waals surface area contributed by atoms with Gasteiger partial charge in [-0.05, 0) is 45.6 Å². The lowest BCUT2D eigenvalue weighted by Gasteiger charge is -2.34. The van der Waals surface area contributed by atoms with Crippen molar-refractivity contribution in [1.29, 1.82) is 0 Å². The molecule has 1 heterocycles. The number of carbonyl (C=O) groups excluding carboxylic acids is 2. The molecule has 2 aliphatic rings. The lowest BCUT2D eigenvalue weighted by molar-refractivity contribution is -0.144. The molecular weight excluding hydrogens is 332 g/mol. The third-order valence-corrected chi connectivity index (χ3v) is 5.08. The number of amides is 2. The zero-order chi connectivity index (χ0) is 18.7. The number of nitrogens with zero attached hydrogens (tertiary/aromatic N) is 1. The predicted molar refractivity (Wildman–Crippen MR) is 97.7 cm³/mol. The van der Waals surface area contributed by atoms with Crippen LogP contribution in [0.25, 0.3) is 0 Å². The Morgan fingerprint density at radius 3 is 2.65 bits per heavy atom. The molecule has 1 fully saturated rings. The van der Waals surface area contributed by atoms with Gasteiger partial charge in [-0.3, -0.25) is 0 Å². The van der Waals surface area contributed by atoms with Crippen LogP contribution in [0.15, 0.2) is 35.5 Å². The van der Waals surface area contributed by atoms with Crippen molar-refractivity contribution in [2.24, 2.45) is 0 Å². The summed E-state index contributed by atoms with van der Waals surface area (Å²) in [4.78, 5) is 26.8. The highest BCUT2D eigenvalue weighted by atomic mass is 16.5. The van der Waals surface area contributed by atoms with Crippen molar-refractivity contribution < 1.29 is 19.1 Å². The summed E-state index contributed by atoms with van der Waals surface area (Å²) in [6.45, 7) is 4.18. The first kappa shape index (κ1) is 18.3. The van der Waals surface area contributed by atoms with E-state index in [2.05, 4.69) is 5.32 Å². The van der Waals surface area contributed by atoms with Crippen LogP contribution in [-0.2, 0) is 9.53 Å². The SMILES string of the molecule is CCOc1ccccc1C1NC(=O)N(C)C(C)=C1C(=O)OC1CCCC1. The number of hydrogen-bond donors (Lipinski definition) is 1. The van der Waals surface area contributed by atoms with Gasteiger partial charge in [0.25, 0.3) is 0 Å². The molecule has 0 aromatic heterocycles. The van der Waals surface area contributed by atoms with Crippen LogP contribution in [0.1, 0.15) is 51.1 Å². The van der Waals surface area contributed by atoms with E-state index in [0.29, 0.717) is 23.6 Å². The van der Waals surface area contributed by atoms with E-state index in [1.807, 2.05) is 31.2 Å². The topological polar surface area (TPSA) is 67.9 Å². The number of allylic oxidation sites excluding steroid dienone is 1. The van der Waals surface area contributed by atoms with Gasteiger partial charge in [0.2, 0.25) is 0 Å². The van der Waals surface area contributed by atoms with Crippen molar-refractivity contribution in [1.82, 2.24) is 10.2 Å². The molecule has 2 amide bonds. The van der Waals surface area contributed by atoms with Crippen LogP contribution in [0.4, 0.5) is 4.79 Å². The maximum Gasteiger partial charge on any atom is 0.338 e. The molecule has 1 saturated carbocycles. The number of nitrogens with one attached hydrogen (secondary N) is 1. The molecule has 1 aromatic carbocycles. The Bertz CT molecular complexity index is 722.